The van der Waals surface area contributed by atoms with Crippen LogP contribution < -0.4 is 21.5 Å². The Morgan fingerprint density at radius 2 is 2.00 bits per heavy atom. The molecule has 0 aliphatic carbocycles. The zero-order chi connectivity index (χ0) is 16.4. The molecule has 1 aromatic rings. The summed E-state index contributed by atoms with van der Waals surface area (Å²) in [5, 5.41) is 11.9. The van der Waals surface area contributed by atoms with Gasteiger partial charge in [-0.05, 0) is 12.8 Å². The van der Waals surface area contributed by atoms with Crippen molar-refractivity contribution < 1.29 is 4.79 Å². The second-order valence-corrected chi connectivity index (χ2v) is 5.42. The summed E-state index contributed by atoms with van der Waals surface area (Å²) in [6.07, 6.45) is 1.50. The van der Waals surface area contributed by atoms with E-state index in [4.69, 9.17) is 0 Å². The number of amides is 1. The molecule has 8 heteroatoms. The van der Waals surface area contributed by atoms with Crippen molar-refractivity contribution in [3.63, 3.8) is 0 Å². The SMILES string of the molecule is CNC(=O)C1CCCN(c2c(C#N)c(=O)n(C)c(=O)n2C)C1. The van der Waals surface area contributed by atoms with Gasteiger partial charge in [-0.25, -0.2) is 4.79 Å². The Morgan fingerprint density at radius 1 is 1.32 bits per heavy atom. The molecule has 0 bridgehead atoms. The lowest BCUT2D eigenvalue weighted by Crippen LogP contribution is -2.47. The van der Waals surface area contributed by atoms with E-state index in [1.165, 1.54) is 18.7 Å². The summed E-state index contributed by atoms with van der Waals surface area (Å²) < 4.78 is 2.22. The number of hydrogen-bond acceptors (Lipinski definition) is 5. The summed E-state index contributed by atoms with van der Waals surface area (Å²) in [4.78, 5) is 37.8. The summed E-state index contributed by atoms with van der Waals surface area (Å²) in [6.45, 7) is 0.984. The molecule has 1 saturated heterocycles. The molecule has 0 radical (unpaired) electrons. The van der Waals surface area contributed by atoms with Gasteiger partial charge in [0, 0.05) is 34.2 Å². The summed E-state index contributed by atoms with van der Waals surface area (Å²) in [5.41, 5.74) is -1.16. The van der Waals surface area contributed by atoms with Gasteiger partial charge in [0.1, 0.15) is 11.9 Å². The quantitative estimate of drug-likeness (QED) is 0.749. The molecule has 1 N–H and O–H groups in total. The van der Waals surface area contributed by atoms with Gasteiger partial charge < -0.3 is 10.2 Å². The average molecular weight is 305 g/mol. The second kappa shape index (κ2) is 6.05. The molecular weight excluding hydrogens is 286 g/mol. The van der Waals surface area contributed by atoms with Gasteiger partial charge in [0.25, 0.3) is 5.56 Å². The maximum atomic E-state index is 12.1. The summed E-state index contributed by atoms with van der Waals surface area (Å²) in [6, 6.07) is 1.89. The number of piperidine rings is 1. The summed E-state index contributed by atoms with van der Waals surface area (Å²) >= 11 is 0. The summed E-state index contributed by atoms with van der Waals surface area (Å²) in [7, 11) is 4.45. The number of carbonyl (C=O) groups excluding carboxylic acids is 1. The van der Waals surface area contributed by atoms with Gasteiger partial charge in [0.15, 0.2) is 5.56 Å². The van der Waals surface area contributed by atoms with E-state index in [-0.39, 0.29) is 17.4 Å². The highest BCUT2D eigenvalue weighted by Gasteiger charge is 2.29. The number of nitriles is 1. The monoisotopic (exact) mass is 305 g/mol. The van der Waals surface area contributed by atoms with Gasteiger partial charge in [-0.1, -0.05) is 0 Å². The standard InChI is InChI=1S/C14H19N5O3/c1-16-11(20)9-5-4-6-19(8-9)12-10(7-15)13(21)18(3)14(22)17(12)2/h9H,4-6,8H2,1-3H3,(H,16,20). The van der Waals surface area contributed by atoms with Crippen molar-refractivity contribution in [2.24, 2.45) is 20.0 Å². The molecule has 1 aliphatic heterocycles. The average Bonchev–Trinajstić information content (AvgIpc) is 2.55. The van der Waals surface area contributed by atoms with Gasteiger partial charge in [0.2, 0.25) is 5.91 Å². The molecule has 1 fully saturated rings. The van der Waals surface area contributed by atoms with Crippen LogP contribution in [0.1, 0.15) is 18.4 Å². The minimum Gasteiger partial charge on any atom is -0.359 e. The first-order valence-electron chi connectivity index (χ1n) is 7.09. The molecule has 1 aliphatic rings. The Bertz CT molecular complexity index is 755. The highest BCUT2D eigenvalue weighted by molar-refractivity contribution is 5.79. The molecule has 1 amide bonds. The van der Waals surface area contributed by atoms with Crippen molar-refractivity contribution in [2.45, 2.75) is 12.8 Å². The molecule has 0 aromatic carbocycles. The van der Waals surface area contributed by atoms with E-state index in [1.807, 2.05) is 6.07 Å². The molecule has 1 unspecified atom stereocenters. The number of nitrogens with one attached hydrogen (secondary N) is 1. The van der Waals surface area contributed by atoms with Gasteiger partial charge in [-0.3, -0.25) is 18.7 Å². The predicted octanol–water partition coefficient (Wildman–Crippen LogP) is -1.08. The highest BCUT2D eigenvalue weighted by atomic mass is 16.2. The van der Waals surface area contributed by atoms with Crippen LogP contribution in [0.3, 0.4) is 0 Å². The second-order valence-electron chi connectivity index (χ2n) is 5.42. The Labute approximate surface area is 127 Å². The van der Waals surface area contributed by atoms with Crippen LogP contribution in [0.15, 0.2) is 9.59 Å². The minimum absolute atomic E-state index is 0.0674. The van der Waals surface area contributed by atoms with Crippen molar-refractivity contribution in [1.29, 1.82) is 5.26 Å². The van der Waals surface area contributed by atoms with Crippen LogP contribution in [0.2, 0.25) is 0 Å². The molecule has 22 heavy (non-hydrogen) atoms. The molecule has 8 nitrogen and oxygen atoms in total. The van der Waals surface area contributed by atoms with E-state index >= 15 is 0 Å². The van der Waals surface area contributed by atoms with Crippen LogP contribution in [0, 0.1) is 17.2 Å². The third kappa shape index (κ3) is 2.50. The number of carbonyl (C=O) groups is 1. The third-order valence-corrected chi connectivity index (χ3v) is 4.08. The van der Waals surface area contributed by atoms with Crippen LogP contribution in [0.25, 0.3) is 0 Å². The molecule has 0 saturated carbocycles. The zero-order valence-corrected chi connectivity index (χ0v) is 12.9. The molecule has 2 heterocycles. The fraction of sp³-hybridized carbons (Fsp3) is 0.571. The van der Waals surface area contributed by atoms with Crippen LogP contribution in [-0.4, -0.2) is 35.2 Å². The molecular formula is C14H19N5O3. The zero-order valence-electron chi connectivity index (χ0n) is 12.9. The number of anilines is 1. The van der Waals surface area contributed by atoms with E-state index in [9.17, 15) is 19.6 Å². The normalized spacial score (nSPS) is 17.9. The Hall–Kier alpha value is -2.56. The van der Waals surface area contributed by atoms with E-state index < -0.39 is 11.2 Å². The number of hydrogen-bond donors (Lipinski definition) is 1. The van der Waals surface area contributed by atoms with Crippen molar-refractivity contribution >= 4 is 11.7 Å². The minimum atomic E-state index is -0.609. The van der Waals surface area contributed by atoms with Gasteiger partial charge in [0.05, 0.1) is 5.92 Å². The third-order valence-electron chi connectivity index (χ3n) is 4.08. The van der Waals surface area contributed by atoms with E-state index in [0.717, 1.165) is 17.4 Å². The largest absolute Gasteiger partial charge is 0.359 e. The lowest BCUT2D eigenvalue weighted by atomic mass is 9.97. The Balaban J connectivity index is 2.53. The molecule has 0 spiro atoms. The van der Waals surface area contributed by atoms with Crippen molar-refractivity contribution in [2.75, 3.05) is 25.0 Å². The van der Waals surface area contributed by atoms with Crippen molar-refractivity contribution in [3.8, 4) is 6.07 Å². The maximum absolute atomic E-state index is 12.1. The number of nitrogens with zero attached hydrogens (tertiary/aromatic N) is 4. The van der Waals surface area contributed by atoms with E-state index in [1.54, 1.807) is 11.9 Å². The topological polar surface area (TPSA) is 100 Å². The fourth-order valence-corrected chi connectivity index (χ4v) is 2.89. The van der Waals surface area contributed by atoms with Crippen molar-refractivity contribution in [1.82, 2.24) is 14.5 Å². The molecule has 118 valence electrons. The van der Waals surface area contributed by atoms with Gasteiger partial charge >= 0.3 is 5.69 Å². The smallest absolute Gasteiger partial charge is 0.332 e. The predicted molar refractivity (Wildman–Crippen MR) is 80.6 cm³/mol. The van der Waals surface area contributed by atoms with Crippen molar-refractivity contribution in [3.05, 3.63) is 26.4 Å². The van der Waals surface area contributed by atoms with Crippen LogP contribution >= 0.6 is 0 Å². The first-order valence-corrected chi connectivity index (χ1v) is 7.09. The fourth-order valence-electron chi connectivity index (χ4n) is 2.89. The van der Waals surface area contributed by atoms with Crippen LogP contribution in [0.4, 0.5) is 5.82 Å². The Morgan fingerprint density at radius 3 is 2.59 bits per heavy atom. The van der Waals surface area contributed by atoms with Gasteiger partial charge in [-0.2, -0.15) is 5.26 Å². The first-order chi connectivity index (χ1) is 10.4. The lowest BCUT2D eigenvalue weighted by Gasteiger charge is -2.34. The Kier molecular flexibility index (Phi) is 4.35. The van der Waals surface area contributed by atoms with Crippen LogP contribution in [-0.2, 0) is 18.9 Å². The van der Waals surface area contributed by atoms with E-state index in [2.05, 4.69) is 5.32 Å². The highest BCUT2D eigenvalue weighted by Crippen LogP contribution is 2.23. The molecule has 1 atom stereocenters. The number of aromatic nitrogens is 2. The maximum Gasteiger partial charge on any atom is 0.332 e. The van der Waals surface area contributed by atoms with Crippen LogP contribution in [0.5, 0.6) is 0 Å². The van der Waals surface area contributed by atoms with E-state index in [0.29, 0.717) is 18.9 Å². The summed E-state index contributed by atoms with van der Waals surface area (Å²) in [5.74, 6) is 0.00528. The van der Waals surface area contributed by atoms with Gasteiger partial charge in [-0.15, -0.1) is 0 Å². The molecule has 2 rings (SSSR count). The lowest BCUT2D eigenvalue weighted by molar-refractivity contribution is -0.124. The number of rotatable bonds is 2. The molecule has 1 aromatic heterocycles. The first kappa shape index (κ1) is 15.8.